The molecule has 6 nitrogen and oxygen atoms in total. The van der Waals surface area contributed by atoms with Crippen molar-refractivity contribution in [2.45, 2.75) is 6.92 Å². The number of benzene rings is 1. The number of nitrogens with zero attached hydrogens (tertiary/aromatic N) is 3. The molecule has 0 saturated heterocycles. The molecule has 0 unspecified atom stereocenters. The molecule has 0 aliphatic carbocycles. The van der Waals surface area contributed by atoms with Crippen LogP contribution in [0.3, 0.4) is 0 Å². The smallest absolute Gasteiger partial charge is 0.345 e. The van der Waals surface area contributed by atoms with E-state index in [2.05, 4.69) is 20.3 Å². The van der Waals surface area contributed by atoms with Crippen molar-refractivity contribution in [2.24, 2.45) is 0 Å². The number of anilines is 2. The highest BCUT2D eigenvalue weighted by Gasteiger charge is 2.08. The monoisotopic (exact) mass is 306 g/mol. The summed E-state index contributed by atoms with van der Waals surface area (Å²) in [4.78, 5) is 24.0. The third-order valence-corrected chi connectivity index (χ3v) is 3.04. The quantitative estimate of drug-likeness (QED) is 0.589. The largest absolute Gasteiger partial charge is 0.423 e. The molecule has 2 aromatic heterocycles. The average Bonchev–Trinajstić information content (AvgIpc) is 2.57. The number of carbonyl (C=O) groups is 1. The van der Waals surface area contributed by atoms with Crippen LogP contribution in [-0.4, -0.2) is 20.9 Å². The zero-order valence-electron chi connectivity index (χ0n) is 12.4. The standard InChI is InChI=1S/C17H14N4O2/c1-12-9-16(20-11-19-12)21-14-4-6-15(7-5-14)23-17(22)13-3-2-8-18-10-13/h2-11H,1H3,(H,19,20,21). The Morgan fingerprint density at radius 2 is 1.96 bits per heavy atom. The molecule has 23 heavy (non-hydrogen) atoms. The second kappa shape index (κ2) is 6.65. The van der Waals surface area contributed by atoms with Crippen LogP contribution in [0.4, 0.5) is 11.5 Å². The number of aromatic nitrogens is 3. The lowest BCUT2D eigenvalue weighted by atomic mass is 10.3. The summed E-state index contributed by atoms with van der Waals surface area (Å²) in [6.07, 6.45) is 4.57. The normalized spacial score (nSPS) is 10.1. The van der Waals surface area contributed by atoms with Crippen molar-refractivity contribution in [2.75, 3.05) is 5.32 Å². The summed E-state index contributed by atoms with van der Waals surface area (Å²) in [6, 6.07) is 12.2. The van der Waals surface area contributed by atoms with Crippen LogP contribution in [0.2, 0.25) is 0 Å². The molecule has 0 amide bonds. The lowest BCUT2D eigenvalue weighted by molar-refractivity contribution is 0.0734. The highest BCUT2D eigenvalue weighted by molar-refractivity contribution is 5.90. The first-order chi connectivity index (χ1) is 11.2. The maximum atomic E-state index is 11.9. The zero-order valence-corrected chi connectivity index (χ0v) is 12.4. The molecule has 0 aliphatic heterocycles. The van der Waals surface area contributed by atoms with Crippen molar-refractivity contribution >= 4 is 17.5 Å². The molecule has 0 saturated carbocycles. The Labute approximate surface area is 133 Å². The van der Waals surface area contributed by atoms with Gasteiger partial charge in [0.1, 0.15) is 17.9 Å². The summed E-state index contributed by atoms with van der Waals surface area (Å²) in [5, 5.41) is 3.16. The zero-order chi connectivity index (χ0) is 16.1. The summed E-state index contributed by atoms with van der Waals surface area (Å²) < 4.78 is 5.29. The van der Waals surface area contributed by atoms with Crippen LogP contribution in [0.1, 0.15) is 16.1 Å². The molecular formula is C17H14N4O2. The third-order valence-electron chi connectivity index (χ3n) is 3.04. The topological polar surface area (TPSA) is 77.0 Å². The number of rotatable bonds is 4. The number of nitrogens with one attached hydrogen (secondary N) is 1. The molecule has 0 atom stereocenters. The van der Waals surface area contributed by atoms with Crippen molar-refractivity contribution in [3.05, 3.63) is 72.4 Å². The van der Waals surface area contributed by atoms with Gasteiger partial charge in [-0.25, -0.2) is 14.8 Å². The minimum absolute atomic E-state index is 0.408. The van der Waals surface area contributed by atoms with Crippen molar-refractivity contribution in [1.29, 1.82) is 0 Å². The molecule has 3 rings (SSSR count). The Hall–Kier alpha value is -3.28. The first-order valence-corrected chi connectivity index (χ1v) is 6.99. The third kappa shape index (κ3) is 3.88. The van der Waals surface area contributed by atoms with Crippen molar-refractivity contribution in [3.8, 4) is 5.75 Å². The van der Waals surface area contributed by atoms with Crippen molar-refractivity contribution in [1.82, 2.24) is 15.0 Å². The van der Waals surface area contributed by atoms with Gasteiger partial charge in [-0.3, -0.25) is 4.98 Å². The van der Waals surface area contributed by atoms with E-state index in [4.69, 9.17) is 4.74 Å². The number of pyridine rings is 1. The van der Waals surface area contributed by atoms with Crippen LogP contribution < -0.4 is 10.1 Å². The molecule has 114 valence electrons. The molecule has 3 aromatic rings. The molecule has 0 radical (unpaired) electrons. The SMILES string of the molecule is Cc1cc(Nc2ccc(OC(=O)c3cccnc3)cc2)ncn1. The molecular weight excluding hydrogens is 292 g/mol. The van der Waals surface area contributed by atoms with E-state index in [1.165, 1.54) is 12.5 Å². The minimum Gasteiger partial charge on any atom is -0.423 e. The van der Waals surface area contributed by atoms with E-state index in [-0.39, 0.29) is 0 Å². The molecule has 0 aliphatic rings. The van der Waals surface area contributed by atoms with E-state index >= 15 is 0 Å². The van der Waals surface area contributed by atoms with Crippen LogP contribution in [0.15, 0.2) is 61.2 Å². The fraction of sp³-hybridized carbons (Fsp3) is 0.0588. The number of hydrogen-bond donors (Lipinski definition) is 1. The van der Waals surface area contributed by atoms with E-state index in [1.807, 2.05) is 25.1 Å². The van der Waals surface area contributed by atoms with Gasteiger partial charge in [-0.05, 0) is 43.3 Å². The second-order valence-electron chi connectivity index (χ2n) is 4.83. The lowest BCUT2D eigenvalue weighted by Gasteiger charge is -2.07. The highest BCUT2D eigenvalue weighted by atomic mass is 16.5. The minimum atomic E-state index is -0.440. The first kappa shape index (κ1) is 14.6. The Morgan fingerprint density at radius 3 is 2.65 bits per heavy atom. The van der Waals surface area contributed by atoms with Gasteiger partial charge in [0.15, 0.2) is 0 Å². The molecule has 1 N–H and O–H groups in total. The lowest BCUT2D eigenvalue weighted by Crippen LogP contribution is -2.08. The van der Waals surface area contributed by atoms with Gasteiger partial charge in [0.2, 0.25) is 0 Å². The number of esters is 1. The van der Waals surface area contributed by atoms with E-state index in [0.717, 1.165) is 11.4 Å². The number of hydrogen-bond acceptors (Lipinski definition) is 6. The summed E-state index contributed by atoms with van der Waals surface area (Å²) in [5.74, 6) is 0.728. The fourth-order valence-electron chi connectivity index (χ4n) is 1.93. The molecule has 6 heteroatoms. The summed E-state index contributed by atoms with van der Waals surface area (Å²) in [6.45, 7) is 1.90. The molecule has 0 fully saturated rings. The van der Waals surface area contributed by atoms with E-state index in [0.29, 0.717) is 17.1 Å². The number of carbonyl (C=O) groups excluding carboxylic acids is 1. The predicted octanol–water partition coefficient (Wildman–Crippen LogP) is 3.14. The molecule has 0 spiro atoms. The van der Waals surface area contributed by atoms with Gasteiger partial charge in [-0.1, -0.05) is 0 Å². The van der Waals surface area contributed by atoms with E-state index in [9.17, 15) is 4.79 Å². The van der Waals surface area contributed by atoms with Crippen LogP contribution in [0.5, 0.6) is 5.75 Å². The maximum absolute atomic E-state index is 11.9. The first-order valence-electron chi connectivity index (χ1n) is 6.99. The van der Waals surface area contributed by atoms with E-state index in [1.54, 1.807) is 30.5 Å². The maximum Gasteiger partial charge on any atom is 0.345 e. The Bertz CT molecular complexity index is 804. The van der Waals surface area contributed by atoms with Crippen LogP contribution in [-0.2, 0) is 0 Å². The van der Waals surface area contributed by atoms with Gasteiger partial charge in [0.05, 0.1) is 5.56 Å². The predicted molar refractivity (Wildman–Crippen MR) is 85.7 cm³/mol. The summed E-state index contributed by atoms with van der Waals surface area (Å²) in [7, 11) is 0. The van der Waals surface area contributed by atoms with Crippen LogP contribution in [0.25, 0.3) is 0 Å². The summed E-state index contributed by atoms with van der Waals surface area (Å²) in [5.41, 5.74) is 2.12. The van der Waals surface area contributed by atoms with Crippen molar-refractivity contribution < 1.29 is 9.53 Å². The highest BCUT2D eigenvalue weighted by Crippen LogP contribution is 2.19. The Balaban J connectivity index is 1.66. The average molecular weight is 306 g/mol. The second-order valence-corrected chi connectivity index (χ2v) is 4.83. The van der Waals surface area contributed by atoms with Gasteiger partial charge in [-0.2, -0.15) is 0 Å². The number of ether oxygens (including phenoxy) is 1. The van der Waals surface area contributed by atoms with E-state index < -0.39 is 5.97 Å². The van der Waals surface area contributed by atoms with Crippen LogP contribution in [0, 0.1) is 6.92 Å². The van der Waals surface area contributed by atoms with Gasteiger partial charge in [-0.15, -0.1) is 0 Å². The van der Waals surface area contributed by atoms with Gasteiger partial charge in [0, 0.05) is 29.8 Å². The van der Waals surface area contributed by atoms with Gasteiger partial charge >= 0.3 is 5.97 Å². The molecule has 1 aromatic carbocycles. The number of aryl methyl sites for hydroxylation is 1. The Kier molecular flexibility index (Phi) is 4.24. The van der Waals surface area contributed by atoms with Gasteiger partial charge < -0.3 is 10.1 Å². The van der Waals surface area contributed by atoms with Crippen molar-refractivity contribution in [3.63, 3.8) is 0 Å². The molecule has 0 bridgehead atoms. The van der Waals surface area contributed by atoms with Gasteiger partial charge in [0.25, 0.3) is 0 Å². The Morgan fingerprint density at radius 1 is 1.13 bits per heavy atom. The van der Waals surface area contributed by atoms with Crippen LogP contribution >= 0.6 is 0 Å². The fourth-order valence-corrected chi connectivity index (χ4v) is 1.93. The molecule has 2 heterocycles. The summed E-state index contributed by atoms with van der Waals surface area (Å²) >= 11 is 0.